The van der Waals surface area contributed by atoms with Crippen molar-refractivity contribution in [1.82, 2.24) is 9.97 Å². The van der Waals surface area contributed by atoms with Crippen molar-refractivity contribution < 1.29 is 4.79 Å². The van der Waals surface area contributed by atoms with Crippen molar-refractivity contribution in [3.05, 3.63) is 51.9 Å². The number of carbonyl (C=O) groups excluding carboxylic acids is 1. The number of anilines is 1. The van der Waals surface area contributed by atoms with Gasteiger partial charge in [0.15, 0.2) is 0 Å². The van der Waals surface area contributed by atoms with Gasteiger partial charge in [0.1, 0.15) is 11.0 Å². The SMILES string of the molecule is CC(C)(C)c1ccc(C(=O)Nc2cc(Cl)nc(Cl)n2)cc1. The van der Waals surface area contributed by atoms with Gasteiger partial charge in [0.25, 0.3) is 5.91 Å². The molecule has 0 fully saturated rings. The summed E-state index contributed by atoms with van der Waals surface area (Å²) < 4.78 is 0. The van der Waals surface area contributed by atoms with Gasteiger partial charge >= 0.3 is 0 Å². The Bertz CT molecular complexity index is 643. The van der Waals surface area contributed by atoms with Crippen LogP contribution in [0.5, 0.6) is 0 Å². The van der Waals surface area contributed by atoms with Crippen molar-refractivity contribution in [2.75, 3.05) is 5.32 Å². The number of hydrogen-bond donors (Lipinski definition) is 1. The minimum atomic E-state index is -0.277. The maximum Gasteiger partial charge on any atom is 0.256 e. The molecule has 6 heteroatoms. The Morgan fingerprint density at radius 2 is 1.71 bits per heavy atom. The van der Waals surface area contributed by atoms with Crippen LogP contribution in [0.15, 0.2) is 30.3 Å². The molecular formula is C15H15Cl2N3O. The lowest BCUT2D eigenvalue weighted by Crippen LogP contribution is -2.15. The Morgan fingerprint density at radius 1 is 1.10 bits per heavy atom. The van der Waals surface area contributed by atoms with Crippen LogP contribution in [0.2, 0.25) is 10.4 Å². The van der Waals surface area contributed by atoms with Crippen LogP contribution in [0.1, 0.15) is 36.7 Å². The molecule has 1 aromatic heterocycles. The van der Waals surface area contributed by atoms with E-state index in [9.17, 15) is 4.79 Å². The monoisotopic (exact) mass is 323 g/mol. The van der Waals surface area contributed by atoms with Crippen LogP contribution in [0, 0.1) is 0 Å². The Hall–Kier alpha value is -1.65. The van der Waals surface area contributed by atoms with Crippen LogP contribution in [0.25, 0.3) is 0 Å². The first-order valence-electron chi connectivity index (χ1n) is 6.38. The molecule has 2 rings (SSSR count). The molecule has 1 amide bonds. The van der Waals surface area contributed by atoms with E-state index >= 15 is 0 Å². The van der Waals surface area contributed by atoms with Crippen LogP contribution in [0.3, 0.4) is 0 Å². The van der Waals surface area contributed by atoms with Crippen molar-refractivity contribution in [3.63, 3.8) is 0 Å². The van der Waals surface area contributed by atoms with E-state index < -0.39 is 0 Å². The molecule has 0 saturated carbocycles. The summed E-state index contributed by atoms with van der Waals surface area (Å²) >= 11 is 11.5. The van der Waals surface area contributed by atoms with Gasteiger partial charge in [0, 0.05) is 11.6 Å². The van der Waals surface area contributed by atoms with E-state index in [1.165, 1.54) is 6.07 Å². The Morgan fingerprint density at radius 3 is 2.24 bits per heavy atom. The third-order valence-corrected chi connectivity index (χ3v) is 3.28. The van der Waals surface area contributed by atoms with Crippen LogP contribution >= 0.6 is 23.2 Å². The second-order valence-corrected chi connectivity index (χ2v) is 6.35. The van der Waals surface area contributed by atoms with E-state index in [1.54, 1.807) is 12.1 Å². The van der Waals surface area contributed by atoms with Crippen molar-refractivity contribution in [2.45, 2.75) is 26.2 Å². The summed E-state index contributed by atoms with van der Waals surface area (Å²) in [4.78, 5) is 19.8. The van der Waals surface area contributed by atoms with E-state index in [4.69, 9.17) is 23.2 Å². The number of aromatic nitrogens is 2. The minimum absolute atomic E-state index is 0.0131. The molecule has 1 heterocycles. The molecule has 0 aliphatic heterocycles. The highest BCUT2D eigenvalue weighted by molar-refractivity contribution is 6.32. The van der Waals surface area contributed by atoms with E-state index in [0.717, 1.165) is 5.56 Å². The van der Waals surface area contributed by atoms with Crippen molar-refractivity contribution in [3.8, 4) is 0 Å². The summed E-state index contributed by atoms with van der Waals surface area (Å²) in [6.45, 7) is 6.35. The molecule has 1 N–H and O–H groups in total. The number of hydrogen-bond acceptors (Lipinski definition) is 3. The zero-order chi connectivity index (χ0) is 15.6. The molecule has 0 unspecified atom stereocenters. The van der Waals surface area contributed by atoms with Gasteiger partial charge in [-0.2, -0.15) is 0 Å². The van der Waals surface area contributed by atoms with E-state index in [0.29, 0.717) is 5.56 Å². The number of rotatable bonds is 2. The molecule has 0 aliphatic carbocycles. The second-order valence-electron chi connectivity index (χ2n) is 5.63. The summed E-state index contributed by atoms with van der Waals surface area (Å²) in [5.41, 5.74) is 1.74. The van der Waals surface area contributed by atoms with E-state index in [2.05, 4.69) is 36.1 Å². The molecule has 0 bridgehead atoms. The average Bonchev–Trinajstić information content (AvgIpc) is 2.36. The second kappa shape index (κ2) is 6.00. The van der Waals surface area contributed by atoms with E-state index in [1.807, 2.05) is 12.1 Å². The quantitative estimate of drug-likeness (QED) is 0.661. The number of halogens is 2. The maximum atomic E-state index is 12.1. The average molecular weight is 324 g/mol. The fourth-order valence-corrected chi connectivity index (χ4v) is 2.17. The summed E-state index contributed by atoms with van der Waals surface area (Å²) in [7, 11) is 0. The molecule has 1 aromatic carbocycles. The summed E-state index contributed by atoms with van der Waals surface area (Å²) in [5, 5.41) is 2.80. The first-order valence-corrected chi connectivity index (χ1v) is 7.13. The fraction of sp³-hybridized carbons (Fsp3) is 0.267. The summed E-state index contributed by atoms with van der Waals surface area (Å²) in [6, 6.07) is 8.87. The summed E-state index contributed by atoms with van der Waals surface area (Å²) in [5.74, 6) is -0.00816. The minimum Gasteiger partial charge on any atom is -0.306 e. The normalized spacial score (nSPS) is 11.3. The van der Waals surface area contributed by atoms with Gasteiger partial charge < -0.3 is 5.32 Å². The summed E-state index contributed by atoms with van der Waals surface area (Å²) in [6.07, 6.45) is 0. The Kier molecular flexibility index (Phi) is 4.49. The molecule has 110 valence electrons. The molecule has 0 saturated heterocycles. The van der Waals surface area contributed by atoms with Crippen molar-refractivity contribution >= 4 is 34.9 Å². The predicted molar refractivity (Wildman–Crippen MR) is 85.1 cm³/mol. The van der Waals surface area contributed by atoms with Gasteiger partial charge in [-0.3, -0.25) is 4.79 Å². The van der Waals surface area contributed by atoms with Crippen LogP contribution in [0.4, 0.5) is 5.82 Å². The number of benzene rings is 1. The first-order chi connectivity index (χ1) is 9.75. The van der Waals surface area contributed by atoms with Crippen LogP contribution < -0.4 is 5.32 Å². The van der Waals surface area contributed by atoms with E-state index in [-0.39, 0.29) is 27.6 Å². The highest BCUT2D eigenvalue weighted by Crippen LogP contribution is 2.22. The number of carbonyl (C=O) groups is 1. The topological polar surface area (TPSA) is 54.9 Å². The highest BCUT2D eigenvalue weighted by atomic mass is 35.5. The van der Waals surface area contributed by atoms with Gasteiger partial charge in [-0.15, -0.1) is 0 Å². The van der Waals surface area contributed by atoms with Gasteiger partial charge in [-0.1, -0.05) is 44.5 Å². The Balaban J connectivity index is 2.17. The lowest BCUT2D eigenvalue weighted by Gasteiger charge is -2.19. The van der Waals surface area contributed by atoms with Crippen LogP contribution in [-0.4, -0.2) is 15.9 Å². The standard InChI is InChI=1S/C15H15Cl2N3O/c1-15(2,3)10-6-4-9(5-7-10)13(21)19-12-8-11(16)18-14(17)20-12/h4-8H,1-3H3,(H,18,19,20,21). The molecule has 0 radical (unpaired) electrons. The highest BCUT2D eigenvalue weighted by Gasteiger charge is 2.14. The molecule has 0 atom stereocenters. The lowest BCUT2D eigenvalue weighted by atomic mass is 9.87. The van der Waals surface area contributed by atoms with Crippen molar-refractivity contribution in [1.29, 1.82) is 0 Å². The van der Waals surface area contributed by atoms with Gasteiger partial charge in [-0.25, -0.2) is 9.97 Å². The number of nitrogens with one attached hydrogen (secondary N) is 1. The first kappa shape index (κ1) is 15.7. The zero-order valence-corrected chi connectivity index (χ0v) is 13.5. The predicted octanol–water partition coefficient (Wildman–Crippen LogP) is 4.33. The lowest BCUT2D eigenvalue weighted by molar-refractivity contribution is 0.102. The number of nitrogens with zero attached hydrogens (tertiary/aromatic N) is 2. The molecule has 0 aliphatic rings. The molecular weight excluding hydrogens is 309 g/mol. The molecule has 21 heavy (non-hydrogen) atoms. The van der Waals surface area contributed by atoms with Gasteiger partial charge in [0.2, 0.25) is 5.28 Å². The number of amides is 1. The van der Waals surface area contributed by atoms with Crippen LogP contribution in [-0.2, 0) is 5.41 Å². The van der Waals surface area contributed by atoms with Gasteiger partial charge in [-0.05, 0) is 34.7 Å². The fourth-order valence-electron chi connectivity index (χ4n) is 1.76. The Labute approximate surface area is 133 Å². The largest absolute Gasteiger partial charge is 0.306 e. The third kappa shape index (κ3) is 4.16. The molecule has 2 aromatic rings. The molecule has 4 nitrogen and oxygen atoms in total. The zero-order valence-electron chi connectivity index (χ0n) is 11.9. The molecule has 0 spiro atoms. The maximum absolute atomic E-state index is 12.1. The van der Waals surface area contributed by atoms with Gasteiger partial charge in [0.05, 0.1) is 0 Å². The third-order valence-electron chi connectivity index (χ3n) is 2.92. The van der Waals surface area contributed by atoms with Crippen molar-refractivity contribution in [2.24, 2.45) is 0 Å². The smallest absolute Gasteiger partial charge is 0.256 e.